The van der Waals surface area contributed by atoms with E-state index >= 15 is 0 Å². The molecule has 0 unspecified atom stereocenters. The molecular formula is C29H31ClN6OS. The lowest BCUT2D eigenvalue weighted by Gasteiger charge is -2.42. The molecule has 4 N–H and O–H groups in total. The van der Waals surface area contributed by atoms with E-state index in [1.807, 2.05) is 38.2 Å². The van der Waals surface area contributed by atoms with Gasteiger partial charge in [0.25, 0.3) is 5.56 Å². The van der Waals surface area contributed by atoms with Crippen LogP contribution in [0.15, 0.2) is 69.6 Å². The summed E-state index contributed by atoms with van der Waals surface area (Å²) in [4.78, 5) is 25.4. The number of nitrogen functional groups attached to an aromatic ring is 1. The Morgan fingerprint density at radius 3 is 2.61 bits per heavy atom. The molecule has 6 rings (SSSR count). The molecule has 0 radical (unpaired) electrons. The molecule has 0 saturated carbocycles. The third kappa shape index (κ3) is 4.15. The van der Waals surface area contributed by atoms with E-state index in [0.717, 1.165) is 48.5 Å². The fraction of sp³-hybridized carbons (Fsp3) is 0.345. The summed E-state index contributed by atoms with van der Waals surface area (Å²) < 4.78 is 1.69. The molecule has 0 amide bonds. The number of aromatic nitrogens is 3. The molecule has 1 aliphatic carbocycles. The second kappa shape index (κ2) is 9.59. The van der Waals surface area contributed by atoms with Gasteiger partial charge in [-0.15, -0.1) is 0 Å². The van der Waals surface area contributed by atoms with Crippen LogP contribution in [0.5, 0.6) is 0 Å². The maximum absolute atomic E-state index is 13.1. The van der Waals surface area contributed by atoms with E-state index in [4.69, 9.17) is 28.1 Å². The SMILES string of the molecule is CC(C)n1ccc2ccc(Sc3ncc(N4CCC5(CC4)Cc4ccccc4[C@H]5N)nc3N)c(Cl)c2c1=O. The Morgan fingerprint density at radius 1 is 1.13 bits per heavy atom. The molecule has 2 aliphatic rings. The number of fused-ring (bicyclic) bond motifs is 2. The molecule has 1 saturated heterocycles. The van der Waals surface area contributed by atoms with Gasteiger partial charge in [-0.1, -0.05) is 53.7 Å². The molecule has 38 heavy (non-hydrogen) atoms. The molecule has 1 fully saturated rings. The average Bonchev–Trinajstić information content (AvgIpc) is 3.18. The number of anilines is 2. The van der Waals surface area contributed by atoms with Crippen LogP contribution in [-0.2, 0) is 6.42 Å². The molecule has 1 spiro atoms. The van der Waals surface area contributed by atoms with Crippen LogP contribution in [-0.4, -0.2) is 27.6 Å². The number of hydrogen-bond acceptors (Lipinski definition) is 7. The Kier molecular flexibility index (Phi) is 6.37. The maximum atomic E-state index is 13.1. The summed E-state index contributed by atoms with van der Waals surface area (Å²) in [5, 5.41) is 2.29. The van der Waals surface area contributed by atoms with Gasteiger partial charge in [0.15, 0.2) is 5.82 Å². The number of rotatable bonds is 4. The van der Waals surface area contributed by atoms with E-state index in [9.17, 15) is 4.79 Å². The Bertz CT molecular complexity index is 1590. The quantitative estimate of drug-likeness (QED) is 0.343. The van der Waals surface area contributed by atoms with Crippen LogP contribution in [0.3, 0.4) is 0 Å². The molecular weight excluding hydrogens is 516 g/mol. The van der Waals surface area contributed by atoms with Crippen molar-refractivity contribution in [3.05, 3.63) is 81.4 Å². The van der Waals surface area contributed by atoms with Crippen molar-refractivity contribution in [1.29, 1.82) is 0 Å². The molecule has 2 aromatic carbocycles. The smallest absolute Gasteiger partial charge is 0.260 e. The van der Waals surface area contributed by atoms with Gasteiger partial charge in [0, 0.05) is 36.3 Å². The minimum Gasteiger partial charge on any atom is -0.381 e. The second-order valence-corrected chi connectivity index (χ2v) is 12.1. The fourth-order valence-corrected chi connectivity index (χ4v) is 7.14. The summed E-state index contributed by atoms with van der Waals surface area (Å²) in [5.74, 6) is 1.12. The van der Waals surface area contributed by atoms with Crippen LogP contribution >= 0.6 is 23.4 Å². The van der Waals surface area contributed by atoms with Gasteiger partial charge in [-0.25, -0.2) is 9.97 Å². The highest BCUT2D eigenvalue weighted by molar-refractivity contribution is 7.99. The van der Waals surface area contributed by atoms with Crippen LogP contribution in [0.4, 0.5) is 11.6 Å². The standard InChI is InChI=1S/C29H31ClN6OS/c1-17(2)36-12-9-18-7-8-21(24(30)23(18)28(36)37)38-27-26(32)34-22(16-33-27)35-13-10-29(11-14-35)15-19-5-3-4-6-20(19)25(29)31/h3-9,12,16-17,25H,10-11,13-15,31H2,1-2H3,(H2,32,34)/t25-/m1/s1. The molecule has 2 aromatic heterocycles. The highest BCUT2D eigenvalue weighted by Gasteiger charge is 2.45. The van der Waals surface area contributed by atoms with Gasteiger partial charge in [0.05, 0.1) is 16.6 Å². The first kappa shape index (κ1) is 25.2. The van der Waals surface area contributed by atoms with Gasteiger partial charge < -0.3 is 20.9 Å². The number of nitrogens with two attached hydrogens (primary N) is 2. The minimum atomic E-state index is -0.104. The van der Waals surface area contributed by atoms with Gasteiger partial charge in [-0.2, -0.15) is 0 Å². The monoisotopic (exact) mass is 546 g/mol. The summed E-state index contributed by atoms with van der Waals surface area (Å²) >= 11 is 8.07. The first-order valence-corrected chi connectivity index (χ1v) is 14.2. The summed E-state index contributed by atoms with van der Waals surface area (Å²) in [6.07, 6.45) is 6.63. The van der Waals surface area contributed by atoms with E-state index in [-0.39, 0.29) is 23.1 Å². The zero-order chi connectivity index (χ0) is 26.6. The van der Waals surface area contributed by atoms with E-state index < -0.39 is 0 Å². The highest BCUT2D eigenvalue weighted by Crippen LogP contribution is 2.51. The third-order valence-corrected chi connectivity index (χ3v) is 9.76. The van der Waals surface area contributed by atoms with Crippen molar-refractivity contribution < 1.29 is 0 Å². The predicted octanol–water partition coefficient (Wildman–Crippen LogP) is 5.60. The second-order valence-electron chi connectivity index (χ2n) is 10.7. The lowest BCUT2D eigenvalue weighted by atomic mass is 9.73. The molecule has 1 atom stereocenters. The topological polar surface area (TPSA) is 103 Å². The Morgan fingerprint density at radius 2 is 1.89 bits per heavy atom. The van der Waals surface area contributed by atoms with Crippen molar-refractivity contribution in [2.45, 2.75) is 55.1 Å². The van der Waals surface area contributed by atoms with Gasteiger partial charge in [0.1, 0.15) is 10.8 Å². The first-order valence-electron chi connectivity index (χ1n) is 13.0. The molecule has 196 valence electrons. The van der Waals surface area contributed by atoms with E-state index in [1.54, 1.807) is 10.8 Å². The van der Waals surface area contributed by atoms with Gasteiger partial charge >= 0.3 is 0 Å². The number of pyridine rings is 1. The van der Waals surface area contributed by atoms with Gasteiger partial charge in [-0.3, -0.25) is 4.79 Å². The van der Waals surface area contributed by atoms with E-state index in [2.05, 4.69) is 34.1 Å². The molecule has 9 heteroatoms. The van der Waals surface area contributed by atoms with Crippen molar-refractivity contribution >= 4 is 45.8 Å². The number of nitrogens with zero attached hydrogens (tertiary/aromatic N) is 4. The normalized spacial score (nSPS) is 18.4. The minimum absolute atomic E-state index is 0.0396. The predicted molar refractivity (Wildman–Crippen MR) is 155 cm³/mol. The Labute approximate surface area is 231 Å². The number of hydrogen-bond donors (Lipinski definition) is 2. The lowest BCUT2D eigenvalue weighted by molar-refractivity contribution is 0.187. The Hall–Kier alpha value is -3.07. The Balaban J connectivity index is 1.20. The summed E-state index contributed by atoms with van der Waals surface area (Å²) in [7, 11) is 0. The van der Waals surface area contributed by atoms with Gasteiger partial charge in [0.2, 0.25) is 0 Å². The summed E-state index contributed by atoms with van der Waals surface area (Å²) in [6.45, 7) is 5.67. The van der Waals surface area contributed by atoms with Crippen LogP contribution in [0.2, 0.25) is 5.02 Å². The maximum Gasteiger partial charge on any atom is 0.260 e. The van der Waals surface area contributed by atoms with Crippen molar-refractivity contribution in [3.8, 4) is 0 Å². The zero-order valence-corrected chi connectivity index (χ0v) is 23.1. The van der Waals surface area contributed by atoms with Crippen molar-refractivity contribution in [2.75, 3.05) is 23.7 Å². The first-order chi connectivity index (χ1) is 18.3. The lowest BCUT2D eigenvalue weighted by Crippen LogP contribution is -2.44. The van der Waals surface area contributed by atoms with E-state index in [0.29, 0.717) is 21.3 Å². The molecule has 4 aromatic rings. The molecule has 0 bridgehead atoms. The fourth-order valence-electron chi connectivity index (χ4n) is 5.98. The largest absolute Gasteiger partial charge is 0.381 e. The summed E-state index contributed by atoms with van der Waals surface area (Å²) in [5.41, 5.74) is 15.8. The molecule has 3 heterocycles. The summed E-state index contributed by atoms with van der Waals surface area (Å²) in [6, 6.07) is 14.4. The highest BCUT2D eigenvalue weighted by atomic mass is 35.5. The average molecular weight is 547 g/mol. The van der Waals surface area contributed by atoms with Crippen LogP contribution in [0.1, 0.15) is 49.9 Å². The number of piperidine rings is 1. The third-order valence-electron chi connectivity index (χ3n) is 8.19. The van der Waals surface area contributed by atoms with Gasteiger partial charge in [-0.05, 0) is 67.2 Å². The zero-order valence-electron chi connectivity index (χ0n) is 21.5. The molecule has 1 aliphatic heterocycles. The van der Waals surface area contributed by atoms with Crippen LogP contribution < -0.4 is 21.9 Å². The van der Waals surface area contributed by atoms with Crippen LogP contribution in [0.25, 0.3) is 10.8 Å². The van der Waals surface area contributed by atoms with E-state index in [1.165, 1.54) is 22.9 Å². The van der Waals surface area contributed by atoms with Crippen molar-refractivity contribution in [3.63, 3.8) is 0 Å². The van der Waals surface area contributed by atoms with Crippen molar-refractivity contribution in [1.82, 2.24) is 14.5 Å². The number of benzene rings is 2. The number of halogens is 1. The van der Waals surface area contributed by atoms with Crippen LogP contribution in [0, 0.1) is 5.41 Å². The van der Waals surface area contributed by atoms with Crippen molar-refractivity contribution in [2.24, 2.45) is 11.1 Å². The molecule has 7 nitrogen and oxygen atoms in total.